The Morgan fingerprint density at radius 3 is 2.60 bits per heavy atom. The van der Waals surface area contributed by atoms with E-state index in [0.29, 0.717) is 0 Å². The summed E-state index contributed by atoms with van der Waals surface area (Å²) >= 11 is 0. The molecule has 0 saturated heterocycles. The van der Waals surface area contributed by atoms with Crippen LogP contribution < -0.4 is 9.30 Å². The van der Waals surface area contributed by atoms with E-state index in [2.05, 4.69) is 0 Å². The molecule has 0 aliphatic carbocycles. The summed E-state index contributed by atoms with van der Waals surface area (Å²) in [5.41, 5.74) is 1.82. The Bertz CT molecular complexity index is 783. The standard InChI is InChI=1S/C17H15FNO/c1-19-11-15-12(5-4-8-17(15)20-2)10-16(19)13-6-3-7-14(18)9-13/h3-11H,1-2H3/q+1. The predicted octanol–water partition coefficient (Wildman–Crippen LogP) is 3.48. The van der Waals surface area contributed by atoms with Crippen LogP contribution in [0.4, 0.5) is 4.39 Å². The fourth-order valence-electron chi connectivity index (χ4n) is 2.45. The van der Waals surface area contributed by atoms with Crippen molar-refractivity contribution in [2.75, 3.05) is 7.11 Å². The number of rotatable bonds is 2. The maximum absolute atomic E-state index is 13.4. The lowest BCUT2D eigenvalue weighted by molar-refractivity contribution is -0.659. The van der Waals surface area contributed by atoms with Gasteiger partial charge in [-0.1, -0.05) is 18.2 Å². The van der Waals surface area contributed by atoms with Gasteiger partial charge in [0.25, 0.3) is 0 Å². The van der Waals surface area contributed by atoms with Crippen LogP contribution in [0.15, 0.2) is 54.7 Å². The summed E-state index contributed by atoms with van der Waals surface area (Å²) in [4.78, 5) is 0. The molecule has 0 fully saturated rings. The average molecular weight is 268 g/mol. The first kappa shape index (κ1) is 12.6. The van der Waals surface area contributed by atoms with E-state index < -0.39 is 0 Å². The van der Waals surface area contributed by atoms with Gasteiger partial charge in [-0.3, -0.25) is 0 Å². The van der Waals surface area contributed by atoms with Crippen LogP contribution in [0.5, 0.6) is 5.75 Å². The summed E-state index contributed by atoms with van der Waals surface area (Å²) in [6, 6.07) is 14.6. The minimum Gasteiger partial charge on any atom is -0.496 e. The monoisotopic (exact) mass is 268 g/mol. The smallest absolute Gasteiger partial charge is 0.212 e. The molecule has 0 atom stereocenters. The zero-order valence-corrected chi connectivity index (χ0v) is 11.4. The van der Waals surface area contributed by atoms with Crippen molar-refractivity contribution in [3.63, 3.8) is 0 Å². The number of fused-ring (bicyclic) bond motifs is 1. The molecule has 0 N–H and O–H groups in total. The summed E-state index contributed by atoms with van der Waals surface area (Å²) in [5, 5.41) is 2.11. The highest BCUT2D eigenvalue weighted by Gasteiger charge is 2.14. The lowest BCUT2D eigenvalue weighted by atomic mass is 10.1. The van der Waals surface area contributed by atoms with Gasteiger partial charge in [0.05, 0.1) is 12.5 Å². The zero-order valence-electron chi connectivity index (χ0n) is 11.4. The molecule has 0 amide bonds. The first-order chi connectivity index (χ1) is 9.69. The number of aryl methyl sites for hydroxylation is 1. The quantitative estimate of drug-likeness (QED) is 0.649. The first-order valence-electron chi connectivity index (χ1n) is 6.41. The molecular formula is C17H15FNO+. The molecule has 1 heterocycles. The molecule has 2 nitrogen and oxygen atoms in total. The molecule has 3 heteroatoms. The molecule has 0 bridgehead atoms. The number of methoxy groups -OCH3 is 1. The largest absolute Gasteiger partial charge is 0.496 e. The van der Waals surface area contributed by atoms with Crippen molar-refractivity contribution in [3.8, 4) is 17.0 Å². The third-order valence-corrected chi connectivity index (χ3v) is 3.44. The normalized spacial score (nSPS) is 10.8. The molecule has 0 unspecified atom stereocenters. The molecule has 0 aliphatic rings. The van der Waals surface area contributed by atoms with Gasteiger partial charge in [-0.05, 0) is 29.7 Å². The minimum atomic E-state index is -0.228. The minimum absolute atomic E-state index is 0.228. The van der Waals surface area contributed by atoms with E-state index in [1.807, 2.05) is 48.1 Å². The summed E-state index contributed by atoms with van der Waals surface area (Å²) in [7, 11) is 3.61. The highest BCUT2D eigenvalue weighted by Crippen LogP contribution is 2.27. The van der Waals surface area contributed by atoms with Gasteiger partial charge in [0, 0.05) is 11.6 Å². The molecule has 0 aliphatic heterocycles. The highest BCUT2D eigenvalue weighted by atomic mass is 19.1. The van der Waals surface area contributed by atoms with Crippen molar-refractivity contribution in [1.82, 2.24) is 0 Å². The van der Waals surface area contributed by atoms with Crippen LogP contribution in [0.2, 0.25) is 0 Å². The van der Waals surface area contributed by atoms with Crippen LogP contribution in [0.25, 0.3) is 22.0 Å². The van der Waals surface area contributed by atoms with E-state index in [9.17, 15) is 4.39 Å². The van der Waals surface area contributed by atoms with Crippen molar-refractivity contribution in [2.24, 2.45) is 7.05 Å². The van der Waals surface area contributed by atoms with E-state index in [1.165, 1.54) is 6.07 Å². The van der Waals surface area contributed by atoms with E-state index in [4.69, 9.17) is 4.74 Å². The van der Waals surface area contributed by atoms with Crippen LogP contribution in [-0.4, -0.2) is 7.11 Å². The van der Waals surface area contributed by atoms with Gasteiger partial charge in [0.2, 0.25) is 5.69 Å². The maximum Gasteiger partial charge on any atom is 0.212 e. The Hall–Kier alpha value is -2.42. The Morgan fingerprint density at radius 1 is 1.05 bits per heavy atom. The molecule has 0 saturated carbocycles. The molecule has 0 spiro atoms. The number of ether oxygens (including phenoxy) is 1. The third-order valence-electron chi connectivity index (χ3n) is 3.44. The zero-order chi connectivity index (χ0) is 14.1. The average Bonchev–Trinajstić information content (AvgIpc) is 2.46. The lowest BCUT2D eigenvalue weighted by Gasteiger charge is -2.06. The lowest BCUT2D eigenvalue weighted by Crippen LogP contribution is -2.30. The number of halogens is 1. The summed E-state index contributed by atoms with van der Waals surface area (Å²) in [5.74, 6) is 0.608. The Kier molecular flexibility index (Phi) is 3.11. The Morgan fingerprint density at radius 2 is 1.85 bits per heavy atom. The highest BCUT2D eigenvalue weighted by molar-refractivity contribution is 5.88. The van der Waals surface area contributed by atoms with Gasteiger partial charge in [0.15, 0.2) is 6.20 Å². The maximum atomic E-state index is 13.4. The van der Waals surface area contributed by atoms with E-state index >= 15 is 0 Å². The van der Waals surface area contributed by atoms with Crippen LogP contribution in [0, 0.1) is 5.82 Å². The molecule has 0 radical (unpaired) electrons. The number of aromatic nitrogens is 1. The van der Waals surface area contributed by atoms with Crippen LogP contribution in [-0.2, 0) is 7.05 Å². The van der Waals surface area contributed by atoms with E-state index in [0.717, 1.165) is 27.8 Å². The number of benzene rings is 2. The number of nitrogens with zero attached hydrogens (tertiary/aromatic N) is 1. The van der Waals surface area contributed by atoms with E-state index in [1.54, 1.807) is 19.2 Å². The third kappa shape index (κ3) is 2.11. The van der Waals surface area contributed by atoms with Crippen LogP contribution >= 0.6 is 0 Å². The molecule has 3 rings (SSSR count). The first-order valence-corrected chi connectivity index (χ1v) is 6.41. The van der Waals surface area contributed by atoms with Crippen molar-refractivity contribution < 1.29 is 13.7 Å². The second kappa shape index (κ2) is 4.93. The van der Waals surface area contributed by atoms with Gasteiger partial charge in [-0.15, -0.1) is 0 Å². The van der Waals surface area contributed by atoms with Crippen molar-refractivity contribution >= 4 is 10.8 Å². The van der Waals surface area contributed by atoms with Gasteiger partial charge >= 0.3 is 0 Å². The summed E-state index contributed by atoms with van der Waals surface area (Å²) < 4.78 is 20.7. The molecule has 2 aromatic carbocycles. The number of pyridine rings is 1. The molecule has 1 aromatic heterocycles. The van der Waals surface area contributed by atoms with Crippen molar-refractivity contribution in [1.29, 1.82) is 0 Å². The Balaban J connectivity index is 2.25. The van der Waals surface area contributed by atoms with Gasteiger partial charge in [-0.25, -0.2) is 8.96 Å². The molecule has 100 valence electrons. The predicted molar refractivity (Wildman–Crippen MR) is 77.1 cm³/mol. The molecular weight excluding hydrogens is 253 g/mol. The van der Waals surface area contributed by atoms with Gasteiger partial charge < -0.3 is 4.74 Å². The number of hydrogen-bond acceptors (Lipinski definition) is 1. The SMILES string of the molecule is COc1cccc2cc(-c3cccc(F)c3)[n+](C)cc12. The van der Waals surface area contributed by atoms with Gasteiger partial charge in [-0.2, -0.15) is 0 Å². The van der Waals surface area contributed by atoms with Crippen molar-refractivity contribution in [3.05, 3.63) is 60.5 Å². The van der Waals surface area contributed by atoms with E-state index in [-0.39, 0.29) is 5.82 Å². The van der Waals surface area contributed by atoms with Crippen LogP contribution in [0.1, 0.15) is 0 Å². The fourth-order valence-corrected chi connectivity index (χ4v) is 2.45. The summed E-state index contributed by atoms with van der Waals surface area (Å²) in [6.07, 6.45) is 2.01. The topological polar surface area (TPSA) is 13.1 Å². The van der Waals surface area contributed by atoms with Crippen LogP contribution in [0.3, 0.4) is 0 Å². The number of hydrogen-bond donors (Lipinski definition) is 0. The second-order valence-electron chi connectivity index (χ2n) is 4.74. The van der Waals surface area contributed by atoms with Crippen molar-refractivity contribution in [2.45, 2.75) is 0 Å². The molecule has 20 heavy (non-hydrogen) atoms. The summed E-state index contributed by atoms with van der Waals surface area (Å²) in [6.45, 7) is 0. The fraction of sp³-hybridized carbons (Fsp3) is 0.118. The van der Waals surface area contributed by atoms with Gasteiger partial charge in [0.1, 0.15) is 18.6 Å². The molecule has 3 aromatic rings. The second-order valence-corrected chi connectivity index (χ2v) is 4.74. The Labute approximate surface area is 117 Å².